The van der Waals surface area contributed by atoms with Gasteiger partial charge in [-0.3, -0.25) is 4.79 Å². The quantitative estimate of drug-likeness (QED) is 0.478. The summed E-state index contributed by atoms with van der Waals surface area (Å²) in [4.78, 5) is 18.5. The summed E-state index contributed by atoms with van der Waals surface area (Å²) in [5, 5.41) is 6.37. The first kappa shape index (κ1) is 16.8. The van der Waals surface area contributed by atoms with Crippen molar-refractivity contribution in [3.8, 4) is 0 Å². The standard InChI is InChI=1S/C20H16ClN3OS/c1-10-15-17(22)18(26-20(15)23-11(2)16(10)21)19(25)24-14-9-5-7-12-6-3-4-8-13(12)14/h3-9H,22H2,1-2H3,(H,24,25). The van der Waals surface area contributed by atoms with Gasteiger partial charge in [0.15, 0.2) is 0 Å². The van der Waals surface area contributed by atoms with E-state index in [9.17, 15) is 4.79 Å². The van der Waals surface area contributed by atoms with Crippen LogP contribution in [0.1, 0.15) is 20.9 Å². The number of hydrogen-bond acceptors (Lipinski definition) is 4. The van der Waals surface area contributed by atoms with E-state index in [2.05, 4.69) is 10.3 Å². The van der Waals surface area contributed by atoms with E-state index in [-0.39, 0.29) is 5.91 Å². The Morgan fingerprint density at radius 3 is 2.69 bits per heavy atom. The van der Waals surface area contributed by atoms with Crippen molar-refractivity contribution in [3.63, 3.8) is 0 Å². The number of benzene rings is 2. The first-order valence-corrected chi connectivity index (χ1v) is 9.30. The number of nitrogens with one attached hydrogen (secondary N) is 1. The normalized spacial score (nSPS) is 11.2. The molecule has 4 aromatic rings. The zero-order valence-corrected chi connectivity index (χ0v) is 15.8. The number of aromatic nitrogens is 1. The highest BCUT2D eigenvalue weighted by atomic mass is 35.5. The summed E-state index contributed by atoms with van der Waals surface area (Å²) < 4.78 is 0. The number of thiophene rings is 1. The topological polar surface area (TPSA) is 68.0 Å². The highest BCUT2D eigenvalue weighted by molar-refractivity contribution is 7.21. The lowest BCUT2D eigenvalue weighted by Gasteiger charge is -2.08. The number of hydrogen-bond donors (Lipinski definition) is 2. The molecule has 0 saturated carbocycles. The number of pyridine rings is 1. The first-order valence-electron chi connectivity index (χ1n) is 8.11. The third-order valence-electron chi connectivity index (χ3n) is 4.46. The van der Waals surface area contributed by atoms with E-state index in [1.165, 1.54) is 11.3 Å². The fourth-order valence-electron chi connectivity index (χ4n) is 3.14. The lowest BCUT2D eigenvalue weighted by molar-refractivity contribution is 0.103. The third-order valence-corrected chi connectivity index (χ3v) is 6.12. The predicted octanol–water partition coefficient (Wildman–Crippen LogP) is 5.55. The molecule has 0 aliphatic carbocycles. The van der Waals surface area contributed by atoms with Gasteiger partial charge in [-0.05, 0) is 30.9 Å². The summed E-state index contributed by atoms with van der Waals surface area (Å²) in [5.41, 5.74) is 9.05. The van der Waals surface area contributed by atoms with Crippen molar-refractivity contribution in [1.82, 2.24) is 4.98 Å². The Morgan fingerprint density at radius 1 is 1.15 bits per heavy atom. The molecule has 0 spiro atoms. The second kappa shape index (κ2) is 6.27. The van der Waals surface area contributed by atoms with E-state index >= 15 is 0 Å². The van der Waals surface area contributed by atoms with Crippen LogP contribution in [0.2, 0.25) is 5.02 Å². The van der Waals surface area contributed by atoms with Gasteiger partial charge in [-0.25, -0.2) is 4.98 Å². The molecule has 2 aromatic heterocycles. The molecule has 4 rings (SSSR count). The fraction of sp³-hybridized carbons (Fsp3) is 0.100. The molecule has 0 atom stereocenters. The molecule has 1 amide bonds. The van der Waals surface area contributed by atoms with E-state index in [0.29, 0.717) is 15.6 Å². The largest absolute Gasteiger partial charge is 0.397 e. The minimum absolute atomic E-state index is 0.241. The fourth-order valence-corrected chi connectivity index (χ4v) is 4.37. The molecular formula is C20H16ClN3OS. The number of rotatable bonds is 2. The molecule has 0 saturated heterocycles. The second-order valence-electron chi connectivity index (χ2n) is 6.14. The number of carbonyl (C=O) groups is 1. The maximum atomic E-state index is 12.9. The molecule has 0 radical (unpaired) electrons. The van der Waals surface area contributed by atoms with Crippen LogP contribution in [0.3, 0.4) is 0 Å². The van der Waals surface area contributed by atoms with Crippen molar-refractivity contribution < 1.29 is 4.79 Å². The van der Waals surface area contributed by atoms with Crippen molar-refractivity contribution >= 4 is 61.2 Å². The molecule has 2 aromatic carbocycles. The van der Waals surface area contributed by atoms with Crippen molar-refractivity contribution in [2.75, 3.05) is 11.1 Å². The van der Waals surface area contributed by atoms with Crippen molar-refractivity contribution in [3.05, 3.63) is 63.6 Å². The van der Waals surface area contributed by atoms with Gasteiger partial charge in [0.1, 0.15) is 9.71 Å². The number of fused-ring (bicyclic) bond motifs is 2. The van der Waals surface area contributed by atoms with Gasteiger partial charge in [-0.15, -0.1) is 11.3 Å². The number of nitrogen functional groups attached to an aromatic ring is 1. The molecule has 3 N–H and O–H groups in total. The molecule has 0 aliphatic rings. The van der Waals surface area contributed by atoms with Gasteiger partial charge in [-0.2, -0.15) is 0 Å². The van der Waals surface area contributed by atoms with Crippen LogP contribution in [0.4, 0.5) is 11.4 Å². The van der Waals surface area contributed by atoms with Gasteiger partial charge >= 0.3 is 0 Å². The van der Waals surface area contributed by atoms with E-state index in [1.54, 1.807) is 0 Å². The van der Waals surface area contributed by atoms with Crippen LogP contribution in [0.25, 0.3) is 21.0 Å². The average Bonchev–Trinajstić information content (AvgIpc) is 2.96. The predicted molar refractivity (Wildman–Crippen MR) is 110 cm³/mol. The van der Waals surface area contributed by atoms with Crippen LogP contribution in [0.5, 0.6) is 0 Å². The van der Waals surface area contributed by atoms with E-state index in [0.717, 1.165) is 37.9 Å². The van der Waals surface area contributed by atoms with Gasteiger partial charge in [0, 0.05) is 16.5 Å². The maximum absolute atomic E-state index is 12.9. The number of anilines is 2. The number of carbonyl (C=O) groups excluding carboxylic acids is 1. The molecule has 0 bridgehead atoms. The Morgan fingerprint density at radius 2 is 1.88 bits per heavy atom. The lowest BCUT2D eigenvalue weighted by Crippen LogP contribution is -2.12. The van der Waals surface area contributed by atoms with Gasteiger partial charge < -0.3 is 11.1 Å². The molecule has 6 heteroatoms. The minimum atomic E-state index is -0.241. The van der Waals surface area contributed by atoms with Crippen molar-refractivity contribution in [2.45, 2.75) is 13.8 Å². The molecule has 0 unspecified atom stereocenters. The zero-order chi connectivity index (χ0) is 18.4. The number of halogens is 1. The number of nitrogens with two attached hydrogens (primary N) is 1. The highest BCUT2D eigenvalue weighted by Crippen LogP contribution is 2.38. The Hall–Kier alpha value is -2.63. The van der Waals surface area contributed by atoms with E-state index in [1.807, 2.05) is 56.3 Å². The monoisotopic (exact) mass is 381 g/mol. The Bertz CT molecular complexity index is 1180. The van der Waals surface area contributed by atoms with Crippen LogP contribution in [-0.2, 0) is 0 Å². The average molecular weight is 382 g/mol. The smallest absolute Gasteiger partial charge is 0.267 e. The summed E-state index contributed by atoms with van der Waals surface area (Å²) >= 11 is 7.59. The van der Waals surface area contributed by atoms with Crippen LogP contribution in [0.15, 0.2) is 42.5 Å². The molecule has 0 fully saturated rings. The Kier molecular flexibility index (Phi) is 4.05. The summed E-state index contributed by atoms with van der Waals surface area (Å²) in [7, 11) is 0. The van der Waals surface area contributed by atoms with Crippen LogP contribution < -0.4 is 11.1 Å². The SMILES string of the molecule is Cc1nc2sc(C(=O)Nc3cccc4ccccc34)c(N)c2c(C)c1Cl. The maximum Gasteiger partial charge on any atom is 0.267 e. The van der Waals surface area contributed by atoms with Gasteiger partial charge in [0.05, 0.1) is 16.4 Å². The van der Waals surface area contributed by atoms with Crippen LogP contribution >= 0.6 is 22.9 Å². The Labute approximate surface area is 159 Å². The summed E-state index contributed by atoms with van der Waals surface area (Å²) in [6.45, 7) is 3.75. The van der Waals surface area contributed by atoms with Gasteiger partial charge in [0.25, 0.3) is 5.91 Å². The highest BCUT2D eigenvalue weighted by Gasteiger charge is 2.21. The Balaban J connectivity index is 1.79. The van der Waals surface area contributed by atoms with E-state index in [4.69, 9.17) is 17.3 Å². The molecule has 130 valence electrons. The van der Waals surface area contributed by atoms with Crippen molar-refractivity contribution in [2.24, 2.45) is 0 Å². The minimum Gasteiger partial charge on any atom is -0.397 e. The first-order chi connectivity index (χ1) is 12.5. The molecule has 26 heavy (non-hydrogen) atoms. The summed E-state index contributed by atoms with van der Waals surface area (Å²) in [6, 6.07) is 13.7. The lowest BCUT2D eigenvalue weighted by atomic mass is 10.1. The molecule has 0 aliphatic heterocycles. The van der Waals surface area contributed by atoms with Crippen LogP contribution in [0, 0.1) is 13.8 Å². The number of amides is 1. The molecule has 2 heterocycles. The zero-order valence-electron chi connectivity index (χ0n) is 14.3. The molecule has 4 nitrogen and oxygen atoms in total. The number of nitrogens with zero attached hydrogens (tertiary/aromatic N) is 1. The van der Waals surface area contributed by atoms with Gasteiger partial charge in [-0.1, -0.05) is 48.0 Å². The third kappa shape index (κ3) is 2.60. The van der Waals surface area contributed by atoms with E-state index < -0.39 is 0 Å². The summed E-state index contributed by atoms with van der Waals surface area (Å²) in [5.74, 6) is -0.241. The van der Waals surface area contributed by atoms with Gasteiger partial charge in [0.2, 0.25) is 0 Å². The van der Waals surface area contributed by atoms with Crippen molar-refractivity contribution in [1.29, 1.82) is 0 Å². The molecular weight excluding hydrogens is 366 g/mol. The van der Waals surface area contributed by atoms with Crippen LogP contribution in [-0.4, -0.2) is 10.9 Å². The second-order valence-corrected chi connectivity index (χ2v) is 7.52. The summed E-state index contributed by atoms with van der Waals surface area (Å²) in [6.07, 6.45) is 0. The number of aryl methyl sites for hydroxylation is 2.